The number of morpholine rings is 1. The predicted molar refractivity (Wildman–Crippen MR) is 78.4 cm³/mol. The number of aryl methyl sites for hydroxylation is 1. The molecule has 7 nitrogen and oxygen atoms in total. The van der Waals surface area contributed by atoms with Crippen LogP contribution in [0.1, 0.15) is 12.2 Å². The standard InChI is InChI=1S/C15H17N3O4/c19-14(18-7-8-22-12(9-18)15(20)21)6-5-13-16-10-3-1-2-4-11(10)17-13/h1-4,12H,5-9H2,(H,16,17)(H,20,21)/t12-/m1/s1. The monoisotopic (exact) mass is 303 g/mol. The van der Waals surface area contributed by atoms with Gasteiger partial charge in [-0.3, -0.25) is 4.79 Å². The maximum atomic E-state index is 12.2. The first kappa shape index (κ1) is 14.5. The van der Waals surface area contributed by atoms with Gasteiger partial charge in [-0.25, -0.2) is 9.78 Å². The Kier molecular flexibility index (Phi) is 4.06. The SMILES string of the molecule is O=C(O)[C@H]1CN(C(=O)CCc2nc3ccccc3[nH]2)CCO1. The minimum Gasteiger partial charge on any atom is -0.479 e. The highest BCUT2D eigenvalue weighted by molar-refractivity contribution is 5.79. The first-order valence-corrected chi connectivity index (χ1v) is 7.19. The van der Waals surface area contributed by atoms with Crippen molar-refractivity contribution in [2.75, 3.05) is 19.7 Å². The number of fused-ring (bicyclic) bond motifs is 1. The van der Waals surface area contributed by atoms with Crippen molar-refractivity contribution < 1.29 is 19.4 Å². The number of para-hydroxylation sites is 2. The molecule has 1 aromatic carbocycles. The Balaban J connectivity index is 1.58. The van der Waals surface area contributed by atoms with Crippen LogP contribution in [0.15, 0.2) is 24.3 Å². The number of hydrogen-bond acceptors (Lipinski definition) is 4. The van der Waals surface area contributed by atoms with Gasteiger partial charge in [0.2, 0.25) is 5.91 Å². The molecule has 1 aliphatic heterocycles. The van der Waals surface area contributed by atoms with Crippen LogP contribution in [0.25, 0.3) is 11.0 Å². The summed E-state index contributed by atoms with van der Waals surface area (Å²) in [5.41, 5.74) is 1.82. The summed E-state index contributed by atoms with van der Waals surface area (Å²) in [4.78, 5) is 32.3. The summed E-state index contributed by atoms with van der Waals surface area (Å²) in [6.07, 6.45) is -0.127. The van der Waals surface area contributed by atoms with Gasteiger partial charge in [-0.15, -0.1) is 0 Å². The molecule has 1 fully saturated rings. The molecule has 116 valence electrons. The van der Waals surface area contributed by atoms with Gasteiger partial charge in [0.1, 0.15) is 5.82 Å². The summed E-state index contributed by atoms with van der Waals surface area (Å²) >= 11 is 0. The number of hydrogen-bond donors (Lipinski definition) is 2. The number of carbonyl (C=O) groups excluding carboxylic acids is 1. The third-order valence-electron chi connectivity index (χ3n) is 3.71. The largest absolute Gasteiger partial charge is 0.479 e. The van der Waals surface area contributed by atoms with E-state index in [2.05, 4.69) is 9.97 Å². The minimum absolute atomic E-state index is 0.0741. The Morgan fingerprint density at radius 3 is 3.00 bits per heavy atom. The van der Waals surface area contributed by atoms with Gasteiger partial charge in [0.05, 0.1) is 24.2 Å². The molecule has 22 heavy (non-hydrogen) atoms. The lowest BCUT2D eigenvalue weighted by Gasteiger charge is -2.30. The molecule has 1 aliphatic rings. The van der Waals surface area contributed by atoms with E-state index >= 15 is 0 Å². The maximum absolute atomic E-state index is 12.2. The molecule has 0 spiro atoms. The van der Waals surface area contributed by atoms with Gasteiger partial charge in [0.25, 0.3) is 0 Å². The van der Waals surface area contributed by atoms with E-state index in [0.717, 1.165) is 16.9 Å². The molecule has 0 aliphatic carbocycles. The van der Waals surface area contributed by atoms with Gasteiger partial charge in [0, 0.05) is 19.4 Å². The third kappa shape index (κ3) is 3.09. The first-order valence-electron chi connectivity index (χ1n) is 7.19. The Morgan fingerprint density at radius 2 is 2.23 bits per heavy atom. The van der Waals surface area contributed by atoms with Gasteiger partial charge in [-0.05, 0) is 12.1 Å². The van der Waals surface area contributed by atoms with Crippen LogP contribution in [0.5, 0.6) is 0 Å². The van der Waals surface area contributed by atoms with Crippen molar-refractivity contribution in [3.8, 4) is 0 Å². The highest BCUT2D eigenvalue weighted by Gasteiger charge is 2.28. The second-order valence-electron chi connectivity index (χ2n) is 5.24. The van der Waals surface area contributed by atoms with E-state index < -0.39 is 12.1 Å². The van der Waals surface area contributed by atoms with Crippen LogP contribution in [0.2, 0.25) is 0 Å². The highest BCUT2D eigenvalue weighted by Crippen LogP contribution is 2.13. The molecule has 1 amide bonds. The summed E-state index contributed by atoms with van der Waals surface area (Å²) in [5, 5.41) is 8.95. The number of carboxylic acid groups (broad SMARTS) is 1. The zero-order valence-electron chi connectivity index (χ0n) is 12.0. The molecule has 2 heterocycles. The van der Waals surface area contributed by atoms with E-state index in [1.54, 1.807) is 4.90 Å². The third-order valence-corrected chi connectivity index (χ3v) is 3.71. The first-order chi connectivity index (χ1) is 10.6. The van der Waals surface area contributed by atoms with Crippen LogP contribution in [-0.2, 0) is 20.7 Å². The summed E-state index contributed by atoms with van der Waals surface area (Å²) in [5.74, 6) is -0.345. The number of ether oxygens (including phenoxy) is 1. The average Bonchev–Trinajstić information content (AvgIpc) is 2.95. The van der Waals surface area contributed by atoms with Crippen molar-refractivity contribution in [3.63, 3.8) is 0 Å². The molecule has 0 saturated carbocycles. The quantitative estimate of drug-likeness (QED) is 0.871. The van der Waals surface area contributed by atoms with E-state index in [0.29, 0.717) is 19.4 Å². The van der Waals surface area contributed by atoms with Crippen LogP contribution in [0, 0.1) is 0 Å². The molecule has 3 rings (SSSR count). The maximum Gasteiger partial charge on any atom is 0.334 e. The number of benzene rings is 1. The highest BCUT2D eigenvalue weighted by atomic mass is 16.5. The van der Waals surface area contributed by atoms with Crippen LogP contribution in [-0.4, -0.2) is 57.7 Å². The molecule has 2 aromatic rings. The fourth-order valence-corrected chi connectivity index (χ4v) is 2.53. The van der Waals surface area contributed by atoms with Gasteiger partial charge in [-0.2, -0.15) is 0 Å². The number of imidazole rings is 1. The molecule has 0 radical (unpaired) electrons. The van der Waals surface area contributed by atoms with Gasteiger partial charge >= 0.3 is 5.97 Å². The minimum atomic E-state index is -1.03. The van der Waals surface area contributed by atoms with Crippen molar-refractivity contribution in [1.82, 2.24) is 14.9 Å². The van der Waals surface area contributed by atoms with E-state index in [-0.39, 0.29) is 19.1 Å². The normalized spacial score (nSPS) is 18.5. The van der Waals surface area contributed by atoms with Crippen molar-refractivity contribution in [2.24, 2.45) is 0 Å². The topological polar surface area (TPSA) is 95.5 Å². The Bertz CT molecular complexity index is 664. The molecular weight excluding hydrogens is 286 g/mol. The van der Waals surface area contributed by atoms with Crippen molar-refractivity contribution >= 4 is 22.9 Å². The fourth-order valence-electron chi connectivity index (χ4n) is 2.53. The molecular formula is C15H17N3O4. The second-order valence-corrected chi connectivity index (χ2v) is 5.24. The van der Waals surface area contributed by atoms with E-state index in [9.17, 15) is 9.59 Å². The Labute approximate surface area is 126 Å². The second kappa shape index (κ2) is 6.15. The molecule has 1 aromatic heterocycles. The van der Waals surface area contributed by atoms with Gasteiger partial charge in [0.15, 0.2) is 6.10 Å². The van der Waals surface area contributed by atoms with Gasteiger partial charge in [-0.1, -0.05) is 12.1 Å². The Morgan fingerprint density at radius 1 is 1.41 bits per heavy atom. The average molecular weight is 303 g/mol. The fraction of sp³-hybridized carbons (Fsp3) is 0.400. The lowest BCUT2D eigenvalue weighted by molar-refractivity contribution is -0.159. The summed E-state index contributed by atoms with van der Waals surface area (Å²) in [7, 11) is 0. The van der Waals surface area contributed by atoms with Crippen molar-refractivity contribution in [1.29, 1.82) is 0 Å². The molecule has 2 N–H and O–H groups in total. The van der Waals surface area contributed by atoms with Crippen LogP contribution in [0.4, 0.5) is 0 Å². The van der Waals surface area contributed by atoms with E-state index in [1.807, 2.05) is 24.3 Å². The molecule has 7 heteroatoms. The number of aromatic nitrogens is 2. The lowest BCUT2D eigenvalue weighted by Crippen LogP contribution is -2.48. The number of rotatable bonds is 4. The van der Waals surface area contributed by atoms with Crippen LogP contribution in [0.3, 0.4) is 0 Å². The number of aliphatic carboxylic acids is 1. The number of aromatic amines is 1. The predicted octanol–water partition coefficient (Wildman–Crippen LogP) is 0.807. The zero-order chi connectivity index (χ0) is 15.5. The van der Waals surface area contributed by atoms with Crippen LogP contribution < -0.4 is 0 Å². The number of nitrogens with one attached hydrogen (secondary N) is 1. The van der Waals surface area contributed by atoms with Gasteiger partial charge < -0.3 is 19.7 Å². The number of nitrogens with zero attached hydrogens (tertiary/aromatic N) is 2. The number of carbonyl (C=O) groups is 2. The molecule has 1 atom stereocenters. The molecule has 0 bridgehead atoms. The number of H-pyrrole nitrogens is 1. The smallest absolute Gasteiger partial charge is 0.334 e. The van der Waals surface area contributed by atoms with E-state index in [4.69, 9.17) is 9.84 Å². The summed E-state index contributed by atoms with van der Waals surface area (Å²) in [6, 6.07) is 7.69. The van der Waals surface area contributed by atoms with E-state index in [1.165, 1.54) is 0 Å². The van der Waals surface area contributed by atoms with Crippen molar-refractivity contribution in [3.05, 3.63) is 30.1 Å². The lowest BCUT2D eigenvalue weighted by atomic mass is 10.2. The number of carboxylic acids is 1. The van der Waals surface area contributed by atoms with Crippen molar-refractivity contribution in [2.45, 2.75) is 18.9 Å². The molecule has 1 saturated heterocycles. The Hall–Kier alpha value is -2.41. The molecule has 0 unspecified atom stereocenters. The zero-order valence-corrected chi connectivity index (χ0v) is 12.0. The summed E-state index contributed by atoms with van der Waals surface area (Å²) in [6.45, 7) is 0.796. The summed E-state index contributed by atoms with van der Waals surface area (Å²) < 4.78 is 5.11. The number of amides is 1. The van der Waals surface area contributed by atoms with Crippen LogP contribution >= 0.6 is 0 Å².